The van der Waals surface area contributed by atoms with Crippen molar-refractivity contribution >= 4 is 0 Å². The van der Waals surface area contributed by atoms with Crippen molar-refractivity contribution in [2.24, 2.45) is 0 Å². The van der Waals surface area contributed by atoms with Crippen LogP contribution in [0.5, 0.6) is 0 Å². The molecule has 1 N–H and O–H groups in total. The molecule has 0 spiro atoms. The smallest absolute Gasteiger partial charge is 0.0781 e. The monoisotopic (exact) mass is 147 g/mol. The second kappa shape index (κ2) is 5.69. The Morgan fingerprint density at radius 1 is 1.00 bits per heavy atom. The summed E-state index contributed by atoms with van der Waals surface area (Å²) in [6.07, 6.45) is 1.30. The molecule has 0 amide bonds. The maximum Gasteiger partial charge on any atom is 0.0781 e. The Bertz CT molecular complexity index is 69.7. The quantitative estimate of drug-likeness (QED) is 0.557. The van der Waals surface area contributed by atoms with Crippen LogP contribution in [0.15, 0.2) is 0 Å². The first-order chi connectivity index (χ1) is 4.18. The third kappa shape index (κ3) is 3.85. The highest BCUT2D eigenvalue weighted by atomic mass is 16.0. The van der Waals surface area contributed by atoms with Crippen molar-refractivity contribution in [2.75, 3.05) is 26.7 Å². The first kappa shape index (κ1) is 12.6. The van der Waals surface area contributed by atoms with E-state index in [1.807, 2.05) is 0 Å². The standard InChI is InChI=1S/C8H20N.H2O/c1-5-8-9(4,6-2)7-3;/h5-8H2,1-4H3;1H2/q+1;/p-1. The molecule has 64 valence electrons. The summed E-state index contributed by atoms with van der Waals surface area (Å²) in [7, 11) is 2.32. The maximum atomic E-state index is 2.32. The van der Waals surface area contributed by atoms with Gasteiger partial charge < -0.3 is 9.96 Å². The highest BCUT2D eigenvalue weighted by molar-refractivity contribution is 4.30. The van der Waals surface area contributed by atoms with Gasteiger partial charge in [0.2, 0.25) is 0 Å². The molecule has 0 aromatic heterocycles. The predicted molar refractivity (Wildman–Crippen MR) is 44.4 cm³/mol. The third-order valence-corrected chi connectivity index (χ3v) is 2.29. The summed E-state index contributed by atoms with van der Waals surface area (Å²) in [4.78, 5) is 0. The van der Waals surface area contributed by atoms with Crippen LogP contribution in [0.2, 0.25) is 0 Å². The van der Waals surface area contributed by atoms with E-state index in [4.69, 9.17) is 0 Å². The van der Waals surface area contributed by atoms with Crippen molar-refractivity contribution in [1.82, 2.24) is 0 Å². The molecule has 0 fully saturated rings. The van der Waals surface area contributed by atoms with Crippen molar-refractivity contribution in [3.05, 3.63) is 0 Å². The molecular weight excluding hydrogens is 126 g/mol. The van der Waals surface area contributed by atoms with E-state index < -0.39 is 0 Å². The molecule has 2 nitrogen and oxygen atoms in total. The van der Waals surface area contributed by atoms with Crippen LogP contribution in [-0.2, 0) is 0 Å². The first-order valence-electron chi connectivity index (χ1n) is 4.02. The van der Waals surface area contributed by atoms with Crippen LogP contribution in [0, 0.1) is 0 Å². The zero-order valence-electron chi connectivity index (χ0n) is 7.72. The van der Waals surface area contributed by atoms with Gasteiger partial charge in [0.05, 0.1) is 26.7 Å². The Morgan fingerprint density at radius 3 is 1.50 bits per heavy atom. The lowest BCUT2D eigenvalue weighted by atomic mass is 10.3. The van der Waals surface area contributed by atoms with Crippen LogP contribution in [0.3, 0.4) is 0 Å². The average molecular weight is 147 g/mol. The molecule has 0 rings (SSSR count). The van der Waals surface area contributed by atoms with Crippen LogP contribution in [0.1, 0.15) is 27.2 Å². The first-order valence-corrected chi connectivity index (χ1v) is 4.02. The summed E-state index contributed by atoms with van der Waals surface area (Å²) in [6, 6.07) is 0. The minimum Gasteiger partial charge on any atom is -0.870 e. The normalized spacial score (nSPS) is 10.8. The highest BCUT2D eigenvalue weighted by Gasteiger charge is 2.13. The van der Waals surface area contributed by atoms with E-state index in [1.54, 1.807) is 0 Å². The lowest BCUT2D eigenvalue weighted by Gasteiger charge is -2.31. The van der Waals surface area contributed by atoms with E-state index in [0.717, 1.165) is 0 Å². The molecule has 2 heteroatoms. The lowest BCUT2D eigenvalue weighted by molar-refractivity contribution is -0.906. The summed E-state index contributed by atoms with van der Waals surface area (Å²) in [5, 5.41) is 0. The Balaban J connectivity index is 0. The Kier molecular flexibility index (Phi) is 7.15. The summed E-state index contributed by atoms with van der Waals surface area (Å²) in [5.41, 5.74) is 0. The van der Waals surface area contributed by atoms with E-state index in [0.29, 0.717) is 0 Å². The van der Waals surface area contributed by atoms with Gasteiger partial charge in [-0.2, -0.15) is 0 Å². The molecule has 0 aromatic carbocycles. The lowest BCUT2D eigenvalue weighted by Crippen LogP contribution is -2.43. The van der Waals surface area contributed by atoms with Gasteiger partial charge in [0, 0.05) is 0 Å². The third-order valence-electron chi connectivity index (χ3n) is 2.29. The van der Waals surface area contributed by atoms with Gasteiger partial charge in [0.15, 0.2) is 0 Å². The van der Waals surface area contributed by atoms with Gasteiger partial charge in [0.1, 0.15) is 0 Å². The Morgan fingerprint density at radius 2 is 1.40 bits per heavy atom. The van der Waals surface area contributed by atoms with Crippen molar-refractivity contribution in [1.29, 1.82) is 0 Å². The van der Waals surface area contributed by atoms with Crippen molar-refractivity contribution in [3.8, 4) is 0 Å². The molecule has 0 aliphatic rings. The average Bonchev–Trinajstić information content (AvgIpc) is 1.89. The zero-order chi connectivity index (χ0) is 7.33. The molecule has 0 saturated heterocycles. The van der Waals surface area contributed by atoms with Crippen molar-refractivity contribution in [2.45, 2.75) is 27.2 Å². The molecule has 0 aromatic rings. The second-order valence-corrected chi connectivity index (χ2v) is 2.98. The fourth-order valence-corrected chi connectivity index (χ4v) is 1.08. The minimum absolute atomic E-state index is 0. The van der Waals surface area contributed by atoms with Gasteiger partial charge in [-0.1, -0.05) is 6.92 Å². The summed E-state index contributed by atoms with van der Waals surface area (Å²) >= 11 is 0. The molecule has 0 bridgehead atoms. The largest absolute Gasteiger partial charge is 0.870 e. The van der Waals surface area contributed by atoms with Gasteiger partial charge in [0.25, 0.3) is 0 Å². The van der Waals surface area contributed by atoms with Gasteiger partial charge >= 0.3 is 0 Å². The highest BCUT2D eigenvalue weighted by Crippen LogP contribution is 2.01. The SMILES string of the molecule is CCC[N+](C)(CC)CC.[OH-]. The number of rotatable bonds is 4. The fraction of sp³-hybridized carbons (Fsp3) is 1.00. The number of hydrogen-bond acceptors (Lipinski definition) is 1. The second-order valence-electron chi connectivity index (χ2n) is 2.98. The molecule has 0 aliphatic heterocycles. The molecule has 10 heavy (non-hydrogen) atoms. The van der Waals surface area contributed by atoms with Crippen LogP contribution in [0.4, 0.5) is 0 Å². The van der Waals surface area contributed by atoms with E-state index in [2.05, 4.69) is 27.8 Å². The number of hydrogen-bond donors (Lipinski definition) is 0. The topological polar surface area (TPSA) is 30.0 Å². The molecular formula is C8H21NO. The zero-order valence-corrected chi connectivity index (χ0v) is 7.72. The molecule has 0 unspecified atom stereocenters. The summed E-state index contributed by atoms with van der Waals surface area (Å²) in [5.74, 6) is 0. The van der Waals surface area contributed by atoms with E-state index in [-0.39, 0.29) is 5.48 Å². The van der Waals surface area contributed by atoms with Crippen LogP contribution in [0.25, 0.3) is 0 Å². The van der Waals surface area contributed by atoms with E-state index in [1.165, 1.54) is 30.5 Å². The van der Waals surface area contributed by atoms with Gasteiger partial charge in [-0.05, 0) is 20.3 Å². The predicted octanol–water partition coefficient (Wildman–Crippen LogP) is 1.71. The molecule has 0 aliphatic carbocycles. The summed E-state index contributed by atoms with van der Waals surface area (Å²) in [6.45, 7) is 10.6. The van der Waals surface area contributed by atoms with E-state index in [9.17, 15) is 0 Å². The van der Waals surface area contributed by atoms with Crippen molar-refractivity contribution < 1.29 is 9.96 Å². The minimum atomic E-state index is 0. The molecule has 0 heterocycles. The van der Waals surface area contributed by atoms with Crippen LogP contribution < -0.4 is 0 Å². The van der Waals surface area contributed by atoms with Gasteiger partial charge in [-0.3, -0.25) is 0 Å². The van der Waals surface area contributed by atoms with E-state index >= 15 is 0 Å². The molecule has 0 saturated carbocycles. The molecule has 0 radical (unpaired) electrons. The Labute approximate surface area is 64.7 Å². The summed E-state index contributed by atoms with van der Waals surface area (Å²) < 4.78 is 1.23. The van der Waals surface area contributed by atoms with Gasteiger partial charge in [-0.25, -0.2) is 0 Å². The van der Waals surface area contributed by atoms with Crippen molar-refractivity contribution in [3.63, 3.8) is 0 Å². The number of quaternary nitrogens is 1. The maximum absolute atomic E-state index is 2.32. The number of nitrogens with zero attached hydrogens (tertiary/aromatic N) is 1. The van der Waals surface area contributed by atoms with Crippen LogP contribution in [-0.4, -0.2) is 36.6 Å². The van der Waals surface area contributed by atoms with Crippen LogP contribution >= 0.6 is 0 Å². The Hall–Kier alpha value is -0.0800. The fourth-order valence-electron chi connectivity index (χ4n) is 1.08. The van der Waals surface area contributed by atoms with Gasteiger partial charge in [-0.15, -0.1) is 0 Å². The molecule has 0 atom stereocenters.